The smallest absolute Gasteiger partial charge is 0.293 e. The first-order valence-corrected chi connectivity index (χ1v) is 9.82. The summed E-state index contributed by atoms with van der Waals surface area (Å²) in [6, 6.07) is 7.51. The number of carbonyl (C=O) groups is 3. The number of carbonyl (C=O) groups excluding carboxylic acids is 3. The molecule has 0 bridgehead atoms. The van der Waals surface area contributed by atoms with E-state index < -0.39 is 0 Å². The highest BCUT2D eigenvalue weighted by Gasteiger charge is 2.34. The maximum Gasteiger partial charge on any atom is 0.293 e. The highest BCUT2D eigenvalue weighted by atomic mass is 79.9. The van der Waals surface area contributed by atoms with E-state index in [1.807, 2.05) is 38.1 Å². The number of benzene rings is 1. The number of halogens is 1. The van der Waals surface area contributed by atoms with E-state index >= 15 is 0 Å². The fourth-order valence-corrected chi connectivity index (χ4v) is 3.75. The number of hydrogen-bond donors (Lipinski definition) is 1. The molecule has 0 radical (unpaired) electrons. The molecule has 25 heavy (non-hydrogen) atoms. The molecule has 1 heterocycles. The molecule has 1 unspecified atom stereocenters. The van der Waals surface area contributed by atoms with Gasteiger partial charge in [0, 0.05) is 23.5 Å². The van der Waals surface area contributed by atoms with E-state index in [9.17, 15) is 14.4 Å². The van der Waals surface area contributed by atoms with E-state index in [2.05, 4.69) is 21.2 Å². The minimum absolute atomic E-state index is 0.0431. The summed E-state index contributed by atoms with van der Waals surface area (Å²) in [4.78, 5) is 37.9. The molecule has 134 valence electrons. The quantitative estimate of drug-likeness (QED) is 0.670. The van der Waals surface area contributed by atoms with Crippen molar-refractivity contribution in [2.75, 3.05) is 13.1 Å². The number of rotatable bonds is 7. The Morgan fingerprint density at radius 1 is 1.40 bits per heavy atom. The molecule has 1 N–H and O–H groups in total. The van der Waals surface area contributed by atoms with Gasteiger partial charge in [-0.3, -0.25) is 19.3 Å². The van der Waals surface area contributed by atoms with Crippen LogP contribution < -0.4 is 5.32 Å². The van der Waals surface area contributed by atoms with E-state index in [1.165, 1.54) is 4.90 Å². The normalized spacial score (nSPS) is 17.2. The Hall–Kier alpha value is -1.60. The molecule has 0 aromatic heterocycles. The van der Waals surface area contributed by atoms with Crippen LogP contribution in [0, 0.1) is 5.92 Å². The van der Waals surface area contributed by atoms with Crippen molar-refractivity contribution in [3.63, 3.8) is 0 Å². The van der Waals surface area contributed by atoms with Gasteiger partial charge in [-0.05, 0) is 42.0 Å². The lowest BCUT2D eigenvalue weighted by atomic mass is 10.1. The number of nitrogens with zero attached hydrogens (tertiary/aromatic N) is 1. The van der Waals surface area contributed by atoms with Crippen molar-refractivity contribution in [3.8, 4) is 0 Å². The highest BCUT2D eigenvalue weighted by Crippen LogP contribution is 2.32. The Kier molecular flexibility index (Phi) is 7.25. The molecule has 1 aliphatic rings. The summed E-state index contributed by atoms with van der Waals surface area (Å²) >= 11 is 4.31. The van der Waals surface area contributed by atoms with Crippen molar-refractivity contribution < 1.29 is 14.4 Å². The summed E-state index contributed by atoms with van der Waals surface area (Å²) in [6.45, 7) is 4.36. The number of amides is 3. The Balaban J connectivity index is 1.94. The first-order chi connectivity index (χ1) is 11.9. The predicted molar refractivity (Wildman–Crippen MR) is 104 cm³/mol. The van der Waals surface area contributed by atoms with E-state index in [0.717, 1.165) is 34.6 Å². The van der Waals surface area contributed by atoms with Gasteiger partial charge in [0.2, 0.25) is 5.91 Å². The van der Waals surface area contributed by atoms with E-state index in [1.54, 1.807) is 6.08 Å². The van der Waals surface area contributed by atoms with Crippen LogP contribution in [0.2, 0.25) is 0 Å². The van der Waals surface area contributed by atoms with Gasteiger partial charge in [0.1, 0.15) is 0 Å². The van der Waals surface area contributed by atoms with Gasteiger partial charge in [-0.15, -0.1) is 0 Å². The molecule has 1 saturated heterocycles. The van der Waals surface area contributed by atoms with Crippen molar-refractivity contribution in [3.05, 3.63) is 39.2 Å². The van der Waals surface area contributed by atoms with Gasteiger partial charge in [-0.25, -0.2) is 0 Å². The Labute approximate surface area is 160 Å². The fraction of sp³-hybridized carbons (Fsp3) is 0.389. The third-order valence-electron chi connectivity index (χ3n) is 3.82. The number of hydrogen-bond acceptors (Lipinski definition) is 4. The zero-order valence-electron chi connectivity index (χ0n) is 14.3. The second-order valence-corrected chi connectivity index (χ2v) is 7.78. The molecule has 0 aliphatic carbocycles. The molecular weight excluding hydrogens is 404 g/mol. The van der Waals surface area contributed by atoms with Crippen LogP contribution in [0.3, 0.4) is 0 Å². The summed E-state index contributed by atoms with van der Waals surface area (Å²) in [5.74, 6) is -0.416. The number of imide groups is 1. The number of nitrogens with one attached hydrogen (secondary N) is 1. The second-order valence-electron chi connectivity index (χ2n) is 5.87. The summed E-state index contributed by atoms with van der Waals surface area (Å²) in [5, 5.41) is 2.48. The van der Waals surface area contributed by atoms with Gasteiger partial charge in [0.15, 0.2) is 0 Å². The van der Waals surface area contributed by atoms with Crippen LogP contribution in [0.15, 0.2) is 33.6 Å². The average Bonchev–Trinajstić information content (AvgIpc) is 2.82. The monoisotopic (exact) mass is 424 g/mol. The summed E-state index contributed by atoms with van der Waals surface area (Å²) in [6.07, 6.45) is 3.47. The van der Waals surface area contributed by atoms with Gasteiger partial charge in [0.25, 0.3) is 11.1 Å². The van der Waals surface area contributed by atoms with Crippen LogP contribution in [-0.4, -0.2) is 35.0 Å². The Bertz CT molecular complexity index is 705. The molecule has 1 atom stereocenters. The fourth-order valence-electron chi connectivity index (χ4n) is 2.47. The third kappa shape index (κ3) is 5.44. The molecule has 1 aromatic rings. The van der Waals surface area contributed by atoms with Gasteiger partial charge in [-0.2, -0.15) is 0 Å². The molecule has 2 rings (SSSR count). The molecule has 7 heteroatoms. The minimum Gasteiger partial charge on any atom is -0.354 e. The van der Waals surface area contributed by atoms with E-state index in [-0.39, 0.29) is 36.1 Å². The van der Waals surface area contributed by atoms with Gasteiger partial charge in [-0.1, -0.05) is 48.3 Å². The zero-order chi connectivity index (χ0) is 18.4. The van der Waals surface area contributed by atoms with Crippen LogP contribution in [-0.2, 0) is 9.59 Å². The summed E-state index contributed by atoms with van der Waals surface area (Å²) in [5.41, 5.74) is 0.849. The average molecular weight is 425 g/mol. The van der Waals surface area contributed by atoms with Crippen LogP contribution in [0.25, 0.3) is 6.08 Å². The van der Waals surface area contributed by atoms with Crippen molar-refractivity contribution in [1.29, 1.82) is 0 Å². The summed E-state index contributed by atoms with van der Waals surface area (Å²) < 4.78 is 0.907. The second kappa shape index (κ2) is 9.20. The molecule has 1 aliphatic heterocycles. The highest BCUT2D eigenvalue weighted by molar-refractivity contribution is 9.10. The van der Waals surface area contributed by atoms with E-state index in [0.29, 0.717) is 4.91 Å². The number of thioether (sulfide) groups is 1. The van der Waals surface area contributed by atoms with Gasteiger partial charge >= 0.3 is 0 Å². The third-order valence-corrected chi connectivity index (χ3v) is 5.22. The molecule has 3 amide bonds. The summed E-state index contributed by atoms with van der Waals surface area (Å²) in [7, 11) is 0. The molecule has 1 aromatic carbocycles. The van der Waals surface area contributed by atoms with Gasteiger partial charge < -0.3 is 5.32 Å². The molecule has 0 saturated carbocycles. The zero-order valence-corrected chi connectivity index (χ0v) is 16.7. The van der Waals surface area contributed by atoms with Crippen molar-refractivity contribution in [2.24, 2.45) is 5.92 Å². The first kappa shape index (κ1) is 19.7. The maximum absolute atomic E-state index is 12.4. The maximum atomic E-state index is 12.4. The topological polar surface area (TPSA) is 66.5 Å². The van der Waals surface area contributed by atoms with Crippen LogP contribution in [0.4, 0.5) is 4.79 Å². The van der Waals surface area contributed by atoms with Crippen LogP contribution in [0.1, 0.15) is 32.3 Å². The van der Waals surface area contributed by atoms with Crippen molar-refractivity contribution >= 4 is 50.8 Å². The predicted octanol–water partition coefficient (Wildman–Crippen LogP) is 4.04. The first-order valence-electron chi connectivity index (χ1n) is 8.21. The Morgan fingerprint density at radius 3 is 2.84 bits per heavy atom. The molecular formula is C18H21BrN2O3S. The lowest BCUT2D eigenvalue weighted by Crippen LogP contribution is -2.38. The Morgan fingerprint density at radius 2 is 2.16 bits per heavy atom. The molecule has 0 spiro atoms. The lowest BCUT2D eigenvalue weighted by molar-refractivity contribution is -0.126. The molecule has 5 nitrogen and oxygen atoms in total. The molecule has 1 fully saturated rings. The minimum atomic E-state index is -0.314. The SMILES string of the molecule is CCCC(C)C(=O)NCCN1C(=O)SC(=Cc2cccc(Br)c2)C1=O. The van der Waals surface area contributed by atoms with Crippen LogP contribution in [0.5, 0.6) is 0 Å². The van der Waals surface area contributed by atoms with E-state index in [4.69, 9.17) is 0 Å². The van der Waals surface area contributed by atoms with Crippen molar-refractivity contribution in [1.82, 2.24) is 10.2 Å². The van der Waals surface area contributed by atoms with Crippen molar-refractivity contribution in [2.45, 2.75) is 26.7 Å². The van der Waals surface area contributed by atoms with Gasteiger partial charge in [0.05, 0.1) is 4.91 Å². The standard InChI is InChI=1S/C18H21BrN2O3S/c1-3-5-12(2)16(22)20-8-9-21-17(23)15(25-18(21)24)11-13-6-4-7-14(19)10-13/h4,6-7,10-12H,3,5,8-9H2,1-2H3,(H,20,22). The van der Waals surface area contributed by atoms with Crippen LogP contribution >= 0.6 is 27.7 Å². The largest absolute Gasteiger partial charge is 0.354 e. The lowest BCUT2D eigenvalue weighted by Gasteiger charge is -2.15.